The highest BCUT2D eigenvalue weighted by atomic mass is 16.5. The second-order valence-corrected chi connectivity index (χ2v) is 8.14. The number of ether oxygens (including phenoxy) is 2. The zero-order valence-corrected chi connectivity index (χ0v) is 16.2. The highest BCUT2D eigenvalue weighted by Crippen LogP contribution is 2.47. The van der Waals surface area contributed by atoms with Gasteiger partial charge in [-0.2, -0.15) is 0 Å². The molecular weight excluding hydrogens is 354 g/mol. The van der Waals surface area contributed by atoms with E-state index < -0.39 is 5.97 Å². The Morgan fingerprint density at radius 3 is 2.68 bits per heavy atom. The van der Waals surface area contributed by atoms with Crippen LogP contribution in [0.5, 0.6) is 11.5 Å². The lowest BCUT2D eigenvalue weighted by Gasteiger charge is -2.35. The van der Waals surface area contributed by atoms with Crippen molar-refractivity contribution >= 4 is 5.97 Å². The molecule has 1 N–H and O–H groups in total. The highest BCUT2D eigenvalue weighted by Gasteiger charge is 2.38. The van der Waals surface area contributed by atoms with Crippen LogP contribution < -0.4 is 9.47 Å². The van der Waals surface area contributed by atoms with Crippen LogP contribution in [0, 0.1) is 17.8 Å². The number of carboxylic acids is 1. The minimum atomic E-state index is -0.725. The van der Waals surface area contributed by atoms with Crippen molar-refractivity contribution in [3.05, 3.63) is 54.4 Å². The molecule has 0 radical (unpaired) electrons. The molecule has 0 saturated heterocycles. The second kappa shape index (κ2) is 8.21. The largest absolute Gasteiger partial charge is 0.493 e. The molecule has 28 heavy (non-hydrogen) atoms. The van der Waals surface area contributed by atoms with E-state index in [-0.39, 0.29) is 17.9 Å². The molecule has 4 rings (SSSR count). The summed E-state index contributed by atoms with van der Waals surface area (Å²) in [5.41, 5.74) is 1.08. The van der Waals surface area contributed by atoms with Crippen molar-refractivity contribution in [3.8, 4) is 11.5 Å². The van der Waals surface area contributed by atoms with Gasteiger partial charge in [-0.3, -0.25) is 9.78 Å². The molecule has 2 saturated carbocycles. The molecular formula is C23H27NO4. The Kier molecular flexibility index (Phi) is 5.51. The molecule has 148 valence electrons. The number of benzene rings is 1. The first-order valence-electron chi connectivity index (χ1n) is 10.1. The molecule has 2 fully saturated rings. The normalized spacial score (nSPS) is 23.3. The number of carbonyl (C=O) groups is 1. The van der Waals surface area contributed by atoms with Crippen molar-refractivity contribution in [2.24, 2.45) is 17.8 Å². The van der Waals surface area contributed by atoms with Gasteiger partial charge in [0.2, 0.25) is 0 Å². The highest BCUT2D eigenvalue weighted by molar-refractivity contribution is 5.71. The molecule has 2 aliphatic rings. The van der Waals surface area contributed by atoms with E-state index in [1.54, 1.807) is 12.4 Å². The Labute approximate surface area is 165 Å². The number of aromatic nitrogens is 1. The zero-order chi connectivity index (χ0) is 19.5. The first-order chi connectivity index (χ1) is 13.6. The van der Waals surface area contributed by atoms with Gasteiger partial charge in [-0.05, 0) is 73.3 Å². The Balaban J connectivity index is 1.29. The van der Waals surface area contributed by atoms with E-state index in [4.69, 9.17) is 9.47 Å². The average Bonchev–Trinajstić information content (AvgIpc) is 3.49. The number of hydrogen-bond donors (Lipinski definition) is 1. The van der Waals surface area contributed by atoms with Crippen LogP contribution in [-0.2, 0) is 4.79 Å². The van der Waals surface area contributed by atoms with Gasteiger partial charge >= 0.3 is 5.97 Å². The monoisotopic (exact) mass is 381 g/mol. The predicted molar refractivity (Wildman–Crippen MR) is 106 cm³/mol. The van der Waals surface area contributed by atoms with Gasteiger partial charge in [0, 0.05) is 6.20 Å². The molecule has 0 aliphatic heterocycles. The van der Waals surface area contributed by atoms with E-state index in [1.165, 1.54) is 0 Å². The van der Waals surface area contributed by atoms with Gasteiger partial charge in [-0.1, -0.05) is 19.1 Å². The van der Waals surface area contributed by atoms with Crippen molar-refractivity contribution in [1.29, 1.82) is 0 Å². The molecule has 1 aromatic heterocycles. The Morgan fingerprint density at radius 1 is 1.21 bits per heavy atom. The maximum atomic E-state index is 11.5. The smallest absolute Gasteiger partial charge is 0.306 e. The molecule has 0 bridgehead atoms. The van der Waals surface area contributed by atoms with E-state index in [0.717, 1.165) is 42.7 Å². The van der Waals surface area contributed by atoms with Crippen molar-refractivity contribution in [2.45, 2.75) is 44.6 Å². The number of hydrogen-bond acceptors (Lipinski definition) is 4. The van der Waals surface area contributed by atoms with Crippen LogP contribution in [-0.4, -0.2) is 28.8 Å². The molecule has 5 heteroatoms. The van der Waals surface area contributed by atoms with Crippen LogP contribution in [0.2, 0.25) is 0 Å². The summed E-state index contributed by atoms with van der Waals surface area (Å²) < 4.78 is 11.9. The SMILES string of the molecule is C[C@H](C(=O)O)C(c1cccc(OCC2CC(Oc3cccnc3)C2)c1)C1CC1. The molecule has 2 atom stereocenters. The summed E-state index contributed by atoms with van der Waals surface area (Å²) >= 11 is 0. The third-order valence-electron chi connectivity index (χ3n) is 5.92. The summed E-state index contributed by atoms with van der Waals surface area (Å²) in [5, 5.41) is 9.46. The first-order valence-corrected chi connectivity index (χ1v) is 10.1. The van der Waals surface area contributed by atoms with Gasteiger partial charge in [0.25, 0.3) is 0 Å². The summed E-state index contributed by atoms with van der Waals surface area (Å²) in [6, 6.07) is 11.8. The number of aliphatic carboxylic acids is 1. The quantitative estimate of drug-likeness (QED) is 0.691. The topological polar surface area (TPSA) is 68.7 Å². The van der Waals surface area contributed by atoms with Crippen molar-refractivity contribution in [1.82, 2.24) is 4.98 Å². The molecule has 2 aliphatic carbocycles. The third-order valence-corrected chi connectivity index (χ3v) is 5.92. The molecule has 1 unspecified atom stereocenters. The molecule has 1 heterocycles. The average molecular weight is 381 g/mol. The van der Waals surface area contributed by atoms with E-state index in [0.29, 0.717) is 18.4 Å². The first kappa shape index (κ1) is 18.8. The lowest BCUT2D eigenvalue weighted by molar-refractivity contribution is -0.142. The van der Waals surface area contributed by atoms with Gasteiger partial charge in [0.05, 0.1) is 24.8 Å². The molecule has 2 aromatic rings. The molecule has 5 nitrogen and oxygen atoms in total. The summed E-state index contributed by atoms with van der Waals surface area (Å²) in [6.45, 7) is 2.48. The lowest BCUT2D eigenvalue weighted by Crippen LogP contribution is -2.37. The Morgan fingerprint density at radius 2 is 2.00 bits per heavy atom. The number of carboxylic acid groups (broad SMARTS) is 1. The van der Waals surface area contributed by atoms with Crippen molar-refractivity contribution in [3.63, 3.8) is 0 Å². The third kappa shape index (κ3) is 4.46. The van der Waals surface area contributed by atoms with Crippen molar-refractivity contribution in [2.75, 3.05) is 6.61 Å². The summed E-state index contributed by atoms with van der Waals surface area (Å²) in [6.07, 6.45) is 7.92. The lowest BCUT2D eigenvalue weighted by atomic mass is 9.82. The standard InChI is InChI=1S/C23H27NO4/c1-15(23(25)26)22(17-7-8-17)18-4-2-5-19(12-18)27-14-16-10-21(11-16)28-20-6-3-9-24-13-20/h2-6,9,12-13,15-17,21-22H,7-8,10-11,14H2,1H3,(H,25,26)/t15-,16?,21?,22?/m0/s1. The van der Waals surface area contributed by atoms with E-state index in [2.05, 4.69) is 4.98 Å². The summed E-state index contributed by atoms with van der Waals surface area (Å²) in [5.74, 6) is 1.59. The fourth-order valence-electron chi connectivity index (χ4n) is 4.12. The fraction of sp³-hybridized carbons (Fsp3) is 0.478. The number of nitrogens with zero attached hydrogens (tertiary/aromatic N) is 1. The van der Waals surface area contributed by atoms with Crippen molar-refractivity contribution < 1.29 is 19.4 Å². The zero-order valence-electron chi connectivity index (χ0n) is 16.2. The van der Waals surface area contributed by atoms with E-state index in [9.17, 15) is 9.90 Å². The summed E-state index contributed by atoms with van der Waals surface area (Å²) in [7, 11) is 0. The maximum Gasteiger partial charge on any atom is 0.306 e. The van der Waals surface area contributed by atoms with E-state index >= 15 is 0 Å². The van der Waals surface area contributed by atoms with Gasteiger partial charge in [-0.25, -0.2) is 0 Å². The van der Waals surface area contributed by atoms with Gasteiger partial charge < -0.3 is 14.6 Å². The minimum Gasteiger partial charge on any atom is -0.493 e. The van der Waals surface area contributed by atoms with Gasteiger partial charge in [0.15, 0.2) is 0 Å². The van der Waals surface area contributed by atoms with Crippen LogP contribution in [0.25, 0.3) is 0 Å². The van der Waals surface area contributed by atoms with Crippen LogP contribution in [0.4, 0.5) is 0 Å². The Hall–Kier alpha value is -2.56. The minimum absolute atomic E-state index is 0.0713. The molecule has 1 aromatic carbocycles. The second-order valence-electron chi connectivity index (χ2n) is 8.14. The van der Waals surface area contributed by atoms with E-state index in [1.807, 2.05) is 43.3 Å². The maximum absolute atomic E-state index is 11.5. The molecule has 0 spiro atoms. The van der Waals surface area contributed by atoms with Crippen LogP contribution in [0.1, 0.15) is 44.1 Å². The van der Waals surface area contributed by atoms with Gasteiger partial charge in [-0.15, -0.1) is 0 Å². The summed E-state index contributed by atoms with van der Waals surface area (Å²) in [4.78, 5) is 15.6. The number of pyridine rings is 1. The van der Waals surface area contributed by atoms with Gasteiger partial charge in [0.1, 0.15) is 11.5 Å². The predicted octanol–water partition coefficient (Wildman–Crippen LogP) is 4.53. The van der Waals surface area contributed by atoms with Crippen LogP contribution in [0.3, 0.4) is 0 Å². The van der Waals surface area contributed by atoms with Crippen LogP contribution >= 0.6 is 0 Å². The Bertz CT molecular complexity index is 799. The fourth-order valence-corrected chi connectivity index (χ4v) is 4.12. The molecule has 0 amide bonds. The number of rotatable bonds is 9. The van der Waals surface area contributed by atoms with Crippen LogP contribution in [0.15, 0.2) is 48.8 Å².